The predicted molar refractivity (Wildman–Crippen MR) is 151 cm³/mol. The fourth-order valence-electron chi connectivity index (χ4n) is 4.82. The minimum atomic E-state index is 0.0766. The molecule has 1 aliphatic rings. The van der Waals surface area contributed by atoms with Crippen LogP contribution in [-0.4, -0.2) is 15.9 Å². The largest absolute Gasteiger partial charge is 0.342 e. The minimum absolute atomic E-state index is 0.0766. The van der Waals surface area contributed by atoms with Crippen LogP contribution in [0.1, 0.15) is 29.2 Å². The van der Waals surface area contributed by atoms with Crippen LogP contribution in [0.4, 0.5) is 11.5 Å². The van der Waals surface area contributed by atoms with Gasteiger partial charge in [-0.25, -0.2) is 4.99 Å². The van der Waals surface area contributed by atoms with Crippen LogP contribution in [0, 0.1) is 0 Å². The number of nitrogens with zero attached hydrogens (tertiary/aromatic N) is 3. The molecule has 1 atom stereocenters. The van der Waals surface area contributed by atoms with E-state index in [1.54, 1.807) is 0 Å². The van der Waals surface area contributed by atoms with Crippen LogP contribution >= 0.6 is 15.9 Å². The summed E-state index contributed by atoms with van der Waals surface area (Å²) in [6.07, 6.45) is 0.775. The molecule has 1 aromatic heterocycles. The van der Waals surface area contributed by atoms with Gasteiger partial charge in [-0.05, 0) is 28.8 Å². The number of aromatic nitrogens is 2. The van der Waals surface area contributed by atoms with Gasteiger partial charge in [0.25, 0.3) is 0 Å². The SMILES string of the molecule is Brc1ccc(-c2[nH]nc3c2N=C(c2ccccc2)CC(c2ccccc2)N3Cc2ccccc2)cc1. The van der Waals surface area contributed by atoms with E-state index >= 15 is 0 Å². The van der Waals surface area contributed by atoms with E-state index < -0.39 is 0 Å². The summed E-state index contributed by atoms with van der Waals surface area (Å²) in [6.45, 7) is 0.732. The summed E-state index contributed by atoms with van der Waals surface area (Å²) in [7, 11) is 0. The highest BCUT2D eigenvalue weighted by molar-refractivity contribution is 9.10. The number of hydrogen-bond acceptors (Lipinski definition) is 3. The van der Waals surface area contributed by atoms with E-state index in [-0.39, 0.29) is 6.04 Å². The summed E-state index contributed by atoms with van der Waals surface area (Å²) < 4.78 is 1.04. The maximum Gasteiger partial charge on any atom is 0.177 e. The number of halogens is 1. The van der Waals surface area contributed by atoms with E-state index in [0.717, 1.165) is 51.5 Å². The zero-order valence-corrected chi connectivity index (χ0v) is 21.3. The summed E-state index contributed by atoms with van der Waals surface area (Å²) in [5, 5.41) is 8.20. The van der Waals surface area contributed by atoms with Crippen LogP contribution in [-0.2, 0) is 6.54 Å². The lowest BCUT2D eigenvalue weighted by atomic mass is 9.96. The van der Waals surface area contributed by atoms with Crippen molar-refractivity contribution >= 4 is 33.1 Å². The fraction of sp³-hybridized carbons (Fsp3) is 0.0968. The molecule has 1 N–H and O–H groups in total. The molecule has 0 bridgehead atoms. The van der Waals surface area contributed by atoms with Crippen molar-refractivity contribution in [3.63, 3.8) is 0 Å². The van der Waals surface area contributed by atoms with Gasteiger partial charge >= 0.3 is 0 Å². The van der Waals surface area contributed by atoms with Crippen molar-refractivity contribution in [3.8, 4) is 11.3 Å². The highest BCUT2D eigenvalue weighted by Gasteiger charge is 2.32. The fourth-order valence-corrected chi connectivity index (χ4v) is 5.09. The summed E-state index contributed by atoms with van der Waals surface area (Å²) in [5.74, 6) is 0.872. The third kappa shape index (κ3) is 4.50. The minimum Gasteiger partial charge on any atom is -0.342 e. The zero-order chi connectivity index (χ0) is 24.3. The lowest BCUT2D eigenvalue weighted by Gasteiger charge is -2.31. The Bertz CT molecular complexity index is 1480. The molecule has 2 heterocycles. The highest BCUT2D eigenvalue weighted by atomic mass is 79.9. The number of aliphatic imine (C=N–C) groups is 1. The van der Waals surface area contributed by atoms with Gasteiger partial charge in [0.2, 0.25) is 0 Å². The number of hydrogen-bond donors (Lipinski definition) is 1. The first-order valence-corrected chi connectivity index (χ1v) is 12.9. The molecule has 0 radical (unpaired) electrons. The van der Waals surface area contributed by atoms with Crippen LogP contribution in [0.25, 0.3) is 11.3 Å². The molecule has 1 unspecified atom stereocenters. The van der Waals surface area contributed by atoms with Gasteiger partial charge < -0.3 is 4.90 Å². The molecule has 4 aromatic carbocycles. The Balaban J connectivity index is 1.55. The van der Waals surface area contributed by atoms with Crippen LogP contribution in [0.2, 0.25) is 0 Å². The molecule has 6 rings (SSSR count). The van der Waals surface area contributed by atoms with Gasteiger partial charge in [-0.1, -0.05) is 119 Å². The number of H-pyrrole nitrogens is 1. The van der Waals surface area contributed by atoms with E-state index in [1.165, 1.54) is 11.1 Å². The standard InChI is InChI=1S/C31H25BrN4/c32-26-18-16-25(17-19-26)29-30-31(35-34-29)36(21-22-10-4-1-5-11-22)28(24-14-8-3-9-15-24)20-27(33-30)23-12-6-2-7-13-23/h1-19,28H,20-21H2,(H,34,35). The molecule has 0 fully saturated rings. The first kappa shape index (κ1) is 22.5. The van der Waals surface area contributed by atoms with Gasteiger partial charge in [0.05, 0.1) is 17.4 Å². The third-order valence-corrected chi connectivity index (χ3v) is 7.15. The highest BCUT2D eigenvalue weighted by Crippen LogP contribution is 2.45. The first-order chi connectivity index (χ1) is 17.8. The van der Waals surface area contributed by atoms with E-state index in [4.69, 9.17) is 10.1 Å². The third-order valence-electron chi connectivity index (χ3n) is 6.62. The molecule has 0 saturated heterocycles. The summed E-state index contributed by atoms with van der Waals surface area (Å²) in [5.41, 5.74) is 7.54. The predicted octanol–water partition coefficient (Wildman–Crippen LogP) is 8.11. The molecule has 5 heteroatoms. The zero-order valence-electron chi connectivity index (χ0n) is 19.7. The average Bonchev–Trinajstić information content (AvgIpc) is 3.28. The molecule has 176 valence electrons. The van der Waals surface area contributed by atoms with Crippen LogP contribution in [0.15, 0.2) is 125 Å². The maximum atomic E-state index is 5.31. The van der Waals surface area contributed by atoms with Gasteiger partial charge in [-0.15, -0.1) is 0 Å². The van der Waals surface area contributed by atoms with Crippen LogP contribution in [0.5, 0.6) is 0 Å². The maximum absolute atomic E-state index is 5.31. The lowest BCUT2D eigenvalue weighted by molar-refractivity contribution is 0.633. The molecule has 0 aliphatic carbocycles. The Morgan fingerprint density at radius 3 is 2.08 bits per heavy atom. The summed E-state index contributed by atoms with van der Waals surface area (Å²) in [4.78, 5) is 7.71. The molecule has 0 spiro atoms. The number of anilines is 1. The Morgan fingerprint density at radius 1 is 0.750 bits per heavy atom. The normalized spacial score (nSPS) is 15.2. The Morgan fingerprint density at radius 2 is 1.39 bits per heavy atom. The van der Waals surface area contributed by atoms with Crippen molar-refractivity contribution in [2.75, 3.05) is 4.90 Å². The second-order valence-electron chi connectivity index (χ2n) is 8.95. The monoisotopic (exact) mass is 532 g/mol. The Labute approximate surface area is 219 Å². The van der Waals surface area contributed by atoms with Gasteiger partial charge in [0.15, 0.2) is 5.82 Å². The number of fused-ring (bicyclic) bond motifs is 1. The van der Waals surface area contributed by atoms with E-state index in [0.29, 0.717) is 0 Å². The van der Waals surface area contributed by atoms with Crippen molar-refractivity contribution in [2.24, 2.45) is 4.99 Å². The molecule has 4 nitrogen and oxygen atoms in total. The number of aromatic amines is 1. The molecule has 1 aliphatic heterocycles. The van der Waals surface area contributed by atoms with E-state index in [9.17, 15) is 0 Å². The molecular formula is C31H25BrN4. The Kier molecular flexibility index (Phi) is 6.22. The quantitative estimate of drug-likeness (QED) is 0.248. The topological polar surface area (TPSA) is 44.3 Å². The van der Waals surface area contributed by atoms with Crippen molar-refractivity contribution < 1.29 is 0 Å². The van der Waals surface area contributed by atoms with Crippen LogP contribution < -0.4 is 4.90 Å². The second kappa shape index (κ2) is 9.96. The molecular weight excluding hydrogens is 508 g/mol. The lowest BCUT2D eigenvalue weighted by Crippen LogP contribution is -2.29. The number of nitrogens with one attached hydrogen (secondary N) is 1. The van der Waals surface area contributed by atoms with Gasteiger partial charge in [-0.3, -0.25) is 5.10 Å². The summed E-state index contributed by atoms with van der Waals surface area (Å²) >= 11 is 3.56. The van der Waals surface area contributed by atoms with Gasteiger partial charge in [0.1, 0.15) is 5.69 Å². The molecule has 0 amide bonds. The molecule has 5 aromatic rings. The summed E-state index contributed by atoms with van der Waals surface area (Å²) in [6, 6.07) is 40.2. The first-order valence-electron chi connectivity index (χ1n) is 12.1. The second-order valence-corrected chi connectivity index (χ2v) is 9.86. The average molecular weight is 533 g/mol. The van der Waals surface area contributed by atoms with Crippen molar-refractivity contribution in [1.82, 2.24) is 10.2 Å². The van der Waals surface area contributed by atoms with Gasteiger partial charge in [-0.2, -0.15) is 5.10 Å². The molecule has 36 heavy (non-hydrogen) atoms. The van der Waals surface area contributed by atoms with Crippen molar-refractivity contribution in [3.05, 3.63) is 136 Å². The van der Waals surface area contributed by atoms with Crippen molar-refractivity contribution in [1.29, 1.82) is 0 Å². The van der Waals surface area contributed by atoms with Gasteiger partial charge in [0, 0.05) is 23.0 Å². The Hall–Kier alpha value is -3.96. The smallest absolute Gasteiger partial charge is 0.177 e. The van der Waals surface area contributed by atoms with E-state index in [1.807, 2.05) is 6.07 Å². The number of rotatable bonds is 5. The molecule has 0 saturated carbocycles. The van der Waals surface area contributed by atoms with Crippen LogP contribution in [0.3, 0.4) is 0 Å². The van der Waals surface area contributed by atoms with Crippen molar-refractivity contribution in [2.45, 2.75) is 19.0 Å². The van der Waals surface area contributed by atoms with E-state index in [2.05, 4.69) is 135 Å². The number of benzene rings is 4.